The Hall–Kier alpha value is -1.32. The fourth-order valence-corrected chi connectivity index (χ4v) is 1.29. The Morgan fingerprint density at radius 3 is 2.39 bits per heavy atom. The molecule has 1 atom stereocenters. The minimum absolute atomic E-state index is 0.0705. The third-order valence-corrected chi connectivity index (χ3v) is 2.46. The van der Waals surface area contributed by atoms with Crippen molar-refractivity contribution in [3.63, 3.8) is 0 Å². The van der Waals surface area contributed by atoms with Crippen LogP contribution in [-0.2, 0) is 4.74 Å². The van der Waals surface area contributed by atoms with E-state index in [0.29, 0.717) is 6.42 Å². The largest absolute Gasteiger partial charge is 0.443 e. The van der Waals surface area contributed by atoms with E-state index in [1.165, 1.54) is 6.21 Å². The Balaban J connectivity index is 4.97. The smallest absolute Gasteiger partial charge is 0.414 e. The van der Waals surface area contributed by atoms with Gasteiger partial charge in [0.1, 0.15) is 5.60 Å². The molecule has 0 fully saturated rings. The van der Waals surface area contributed by atoms with Crippen LogP contribution in [0.25, 0.3) is 0 Å². The number of rotatable bonds is 5. The van der Waals surface area contributed by atoms with Crippen LogP contribution < -0.4 is 0 Å². The van der Waals surface area contributed by atoms with Crippen molar-refractivity contribution in [2.45, 2.75) is 66.0 Å². The average Bonchev–Trinajstić information content (AvgIpc) is 2.23. The number of amides is 1. The fraction of sp³-hybridized carbons (Fsp3) is 0.714. The van der Waals surface area contributed by atoms with E-state index in [1.807, 2.05) is 47.7 Å². The molecule has 1 unspecified atom stereocenters. The third kappa shape index (κ3) is 6.42. The van der Waals surface area contributed by atoms with Gasteiger partial charge in [0.2, 0.25) is 0 Å². The van der Waals surface area contributed by atoms with Crippen LogP contribution in [-0.4, -0.2) is 28.9 Å². The number of nitrogens with one attached hydrogen (secondary N) is 1. The fourth-order valence-electron chi connectivity index (χ4n) is 1.29. The predicted octanol–water partition coefficient (Wildman–Crippen LogP) is 3.97. The molecule has 1 N–H and O–H groups in total. The van der Waals surface area contributed by atoms with E-state index in [0.717, 1.165) is 12.0 Å². The van der Waals surface area contributed by atoms with Crippen LogP contribution in [0, 0.1) is 5.41 Å². The van der Waals surface area contributed by atoms with Gasteiger partial charge >= 0.3 is 6.09 Å². The highest BCUT2D eigenvalue weighted by atomic mass is 16.6. The predicted molar refractivity (Wildman–Crippen MR) is 75.0 cm³/mol. The van der Waals surface area contributed by atoms with Gasteiger partial charge in [-0.3, -0.25) is 4.90 Å². The van der Waals surface area contributed by atoms with Crippen molar-refractivity contribution in [2.75, 3.05) is 0 Å². The SMILES string of the molecule is CC/C(C)=C\N(C(=O)OC(C)(C)C)C(C)CC=N. The number of hydrogen-bond donors (Lipinski definition) is 1. The summed E-state index contributed by atoms with van der Waals surface area (Å²) in [6.45, 7) is 11.5. The monoisotopic (exact) mass is 254 g/mol. The van der Waals surface area contributed by atoms with Gasteiger partial charge in [-0.1, -0.05) is 12.5 Å². The quantitative estimate of drug-likeness (QED) is 0.755. The number of carbonyl (C=O) groups is 1. The highest BCUT2D eigenvalue weighted by Gasteiger charge is 2.24. The molecule has 0 saturated carbocycles. The highest BCUT2D eigenvalue weighted by molar-refractivity contribution is 5.70. The molecule has 0 aliphatic carbocycles. The van der Waals surface area contributed by atoms with Crippen LogP contribution in [0.5, 0.6) is 0 Å². The molecule has 0 aromatic carbocycles. The van der Waals surface area contributed by atoms with Crippen molar-refractivity contribution < 1.29 is 9.53 Å². The zero-order valence-electron chi connectivity index (χ0n) is 12.4. The van der Waals surface area contributed by atoms with Crippen molar-refractivity contribution >= 4 is 12.3 Å². The van der Waals surface area contributed by atoms with E-state index >= 15 is 0 Å². The molecule has 0 bridgehead atoms. The Labute approximate surface area is 111 Å². The van der Waals surface area contributed by atoms with Gasteiger partial charge in [-0.2, -0.15) is 0 Å². The summed E-state index contributed by atoms with van der Waals surface area (Å²) >= 11 is 0. The van der Waals surface area contributed by atoms with Crippen LogP contribution in [0.15, 0.2) is 11.8 Å². The van der Waals surface area contributed by atoms with E-state index < -0.39 is 5.60 Å². The summed E-state index contributed by atoms with van der Waals surface area (Å²) in [6, 6.07) is -0.0705. The molecule has 0 aliphatic heterocycles. The van der Waals surface area contributed by atoms with Gasteiger partial charge < -0.3 is 10.1 Å². The molecule has 0 saturated heterocycles. The van der Waals surface area contributed by atoms with E-state index in [9.17, 15) is 4.79 Å². The van der Waals surface area contributed by atoms with Gasteiger partial charge in [-0.15, -0.1) is 0 Å². The summed E-state index contributed by atoms with van der Waals surface area (Å²) in [5.41, 5.74) is 0.603. The second-order valence-corrected chi connectivity index (χ2v) is 5.51. The maximum atomic E-state index is 12.1. The number of nitrogens with zero attached hydrogens (tertiary/aromatic N) is 1. The first-order valence-electron chi connectivity index (χ1n) is 6.38. The lowest BCUT2D eigenvalue weighted by molar-refractivity contribution is 0.0283. The van der Waals surface area contributed by atoms with E-state index in [1.54, 1.807) is 4.90 Å². The van der Waals surface area contributed by atoms with Crippen molar-refractivity contribution in [3.8, 4) is 0 Å². The maximum Gasteiger partial charge on any atom is 0.414 e. The first kappa shape index (κ1) is 16.7. The third-order valence-electron chi connectivity index (χ3n) is 2.46. The lowest BCUT2D eigenvalue weighted by Gasteiger charge is -2.29. The Kier molecular flexibility index (Phi) is 6.66. The van der Waals surface area contributed by atoms with Crippen molar-refractivity contribution in [3.05, 3.63) is 11.8 Å². The summed E-state index contributed by atoms with van der Waals surface area (Å²) in [5.74, 6) is 0. The lowest BCUT2D eigenvalue weighted by Crippen LogP contribution is -2.39. The van der Waals surface area contributed by atoms with Crippen LogP contribution in [0.1, 0.15) is 54.4 Å². The summed E-state index contributed by atoms with van der Waals surface area (Å²) in [5, 5.41) is 7.15. The standard InChI is InChI=1S/C14H26N2O2/c1-7-11(2)10-16(12(3)8-9-15)13(17)18-14(4,5)6/h9-10,12,15H,7-8H2,1-6H3/b11-10-,15-9?. The van der Waals surface area contributed by atoms with Gasteiger partial charge in [0.05, 0.1) is 0 Å². The molecule has 1 amide bonds. The van der Waals surface area contributed by atoms with E-state index in [4.69, 9.17) is 10.1 Å². The van der Waals surface area contributed by atoms with Crippen molar-refractivity contribution in [1.82, 2.24) is 4.90 Å². The molecule has 0 spiro atoms. The molecule has 0 heterocycles. The molecular formula is C14H26N2O2. The Morgan fingerprint density at radius 2 is 2.00 bits per heavy atom. The minimum Gasteiger partial charge on any atom is -0.443 e. The second-order valence-electron chi connectivity index (χ2n) is 5.51. The van der Waals surface area contributed by atoms with Gasteiger partial charge in [0.15, 0.2) is 0 Å². The molecule has 0 rings (SSSR count). The summed E-state index contributed by atoms with van der Waals surface area (Å²) in [4.78, 5) is 13.7. The van der Waals surface area contributed by atoms with E-state index in [-0.39, 0.29) is 12.1 Å². The molecule has 0 radical (unpaired) electrons. The van der Waals surface area contributed by atoms with Crippen molar-refractivity contribution in [2.24, 2.45) is 0 Å². The normalized spacial score (nSPS) is 14.0. The van der Waals surface area contributed by atoms with Gasteiger partial charge in [-0.05, 0) is 47.3 Å². The zero-order chi connectivity index (χ0) is 14.3. The summed E-state index contributed by atoms with van der Waals surface area (Å²) in [6.07, 6.45) is 4.19. The van der Waals surface area contributed by atoms with Gasteiger partial charge in [0.25, 0.3) is 0 Å². The maximum absolute atomic E-state index is 12.1. The molecule has 0 aromatic heterocycles. The number of allylic oxidation sites excluding steroid dienone is 1. The number of ether oxygens (including phenoxy) is 1. The van der Waals surface area contributed by atoms with Crippen LogP contribution in [0.2, 0.25) is 0 Å². The molecule has 18 heavy (non-hydrogen) atoms. The molecule has 104 valence electrons. The minimum atomic E-state index is -0.506. The highest BCUT2D eigenvalue weighted by Crippen LogP contribution is 2.15. The molecule has 4 nitrogen and oxygen atoms in total. The number of hydrogen-bond acceptors (Lipinski definition) is 3. The average molecular weight is 254 g/mol. The van der Waals surface area contributed by atoms with Gasteiger partial charge in [-0.25, -0.2) is 4.79 Å². The summed E-state index contributed by atoms with van der Waals surface area (Å²) < 4.78 is 5.38. The van der Waals surface area contributed by atoms with Crippen LogP contribution in [0.3, 0.4) is 0 Å². The molecule has 0 aromatic rings. The van der Waals surface area contributed by atoms with Gasteiger partial charge in [0, 0.05) is 18.7 Å². The Morgan fingerprint density at radius 1 is 1.44 bits per heavy atom. The second kappa shape index (κ2) is 7.19. The van der Waals surface area contributed by atoms with Crippen LogP contribution in [0.4, 0.5) is 4.79 Å². The molecular weight excluding hydrogens is 228 g/mol. The molecule has 4 heteroatoms. The lowest BCUT2D eigenvalue weighted by atomic mass is 10.2. The number of carbonyl (C=O) groups excluding carboxylic acids is 1. The first-order valence-corrected chi connectivity index (χ1v) is 6.38. The van der Waals surface area contributed by atoms with Crippen LogP contribution >= 0.6 is 0 Å². The Bertz CT molecular complexity index is 316. The topological polar surface area (TPSA) is 53.4 Å². The van der Waals surface area contributed by atoms with Crippen molar-refractivity contribution in [1.29, 1.82) is 5.41 Å². The summed E-state index contributed by atoms with van der Waals surface area (Å²) in [7, 11) is 0. The first-order chi connectivity index (χ1) is 8.21. The molecule has 0 aliphatic rings. The van der Waals surface area contributed by atoms with E-state index in [2.05, 4.69) is 0 Å². The zero-order valence-corrected chi connectivity index (χ0v) is 12.4.